The zero-order valence-electron chi connectivity index (χ0n) is 13.4. The van der Waals surface area contributed by atoms with Crippen LogP contribution in [0.25, 0.3) is 0 Å². The molecule has 122 valence electrons. The minimum absolute atomic E-state index is 0.109. The van der Waals surface area contributed by atoms with Crippen LogP contribution < -0.4 is 5.32 Å². The summed E-state index contributed by atoms with van der Waals surface area (Å²) in [7, 11) is 0. The monoisotopic (exact) mass is 299 g/mol. The summed E-state index contributed by atoms with van der Waals surface area (Å²) in [6.07, 6.45) is 3.03. The number of carbonyl (C=O) groups excluding carboxylic acids is 1. The van der Waals surface area contributed by atoms with Crippen LogP contribution in [0.4, 0.5) is 0 Å². The van der Waals surface area contributed by atoms with Crippen LogP contribution in [0.2, 0.25) is 0 Å². The lowest BCUT2D eigenvalue weighted by molar-refractivity contribution is -0.146. The number of carboxylic acids is 1. The first-order valence-corrected chi connectivity index (χ1v) is 8.03. The van der Waals surface area contributed by atoms with Crippen molar-refractivity contribution in [3.63, 3.8) is 0 Å². The Labute approximate surface area is 127 Å². The lowest BCUT2D eigenvalue weighted by Crippen LogP contribution is -2.36. The fourth-order valence-electron chi connectivity index (χ4n) is 2.87. The van der Waals surface area contributed by atoms with Crippen LogP contribution >= 0.6 is 0 Å². The van der Waals surface area contributed by atoms with Crippen LogP contribution in [0.3, 0.4) is 0 Å². The number of nitrogens with one attached hydrogen (secondary N) is 1. The largest absolute Gasteiger partial charge is 0.481 e. The van der Waals surface area contributed by atoms with Crippen molar-refractivity contribution in [3.8, 4) is 0 Å². The van der Waals surface area contributed by atoms with Gasteiger partial charge in [-0.25, -0.2) is 0 Å². The molecule has 1 unspecified atom stereocenters. The second kappa shape index (κ2) is 9.03. The minimum Gasteiger partial charge on any atom is -0.481 e. The van der Waals surface area contributed by atoms with Gasteiger partial charge in [-0.05, 0) is 31.1 Å². The Morgan fingerprint density at radius 2 is 1.95 bits per heavy atom. The fourth-order valence-corrected chi connectivity index (χ4v) is 2.87. The molecule has 1 rings (SSSR count). The molecule has 2 N–H and O–H groups in total. The van der Waals surface area contributed by atoms with Gasteiger partial charge in [0.25, 0.3) is 0 Å². The van der Waals surface area contributed by atoms with Gasteiger partial charge in [0, 0.05) is 19.8 Å². The third kappa shape index (κ3) is 6.04. The van der Waals surface area contributed by atoms with Crippen LogP contribution in [0.1, 0.15) is 46.5 Å². The van der Waals surface area contributed by atoms with Gasteiger partial charge < -0.3 is 15.2 Å². The highest BCUT2D eigenvalue weighted by Crippen LogP contribution is 2.38. The molecule has 0 spiro atoms. The summed E-state index contributed by atoms with van der Waals surface area (Å²) in [6, 6.07) is 0. The van der Waals surface area contributed by atoms with E-state index in [0.29, 0.717) is 37.8 Å². The standard InChI is InChI=1S/C16H29NO4/c1-4-12-8-13(14(9-12)16(19)20)15(18)17-6-5-7-21-10-11(2)3/h11-14H,4-10H2,1-3H3,(H,17,18)(H,19,20)/t12?,13-,14+/m0/s1. The molecule has 0 saturated heterocycles. The lowest BCUT2D eigenvalue weighted by Gasteiger charge is -2.15. The van der Waals surface area contributed by atoms with Gasteiger partial charge in [0.05, 0.1) is 11.8 Å². The van der Waals surface area contributed by atoms with Crippen molar-refractivity contribution in [2.45, 2.75) is 46.5 Å². The molecule has 21 heavy (non-hydrogen) atoms. The highest BCUT2D eigenvalue weighted by atomic mass is 16.5. The van der Waals surface area contributed by atoms with Gasteiger partial charge in [-0.1, -0.05) is 27.2 Å². The first-order chi connectivity index (χ1) is 9.95. The molecule has 5 nitrogen and oxygen atoms in total. The predicted octanol–water partition coefficient (Wildman–Crippen LogP) is 2.30. The number of hydrogen-bond acceptors (Lipinski definition) is 3. The summed E-state index contributed by atoms with van der Waals surface area (Å²) in [6.45, 7) is 8.15. The summed E-state index contributed by atoms with van der Waals surface area (Å²) in [5.41, 5.74) is 0. The van der Waals surface area contributed by atoms with Gasteiger partial charge in [0.1, 0.15) is 0 Å². The zero-order valence-corrected chi connectivity index (χ0v) is 13.4. The second-order valence-electron chi connectivity index (χ2n) is 6.41. The smallest absolute Gasteiger partial charge is 0.307 e. The SMILES string of the molecule is CCC1C[C@H](C(=O)NCCCOCC(C)C)[C@H](C(=O)O)C1. The number of rotatable bonds is 9. The molecule has 0 aromatic heterocycles. The molecule has 0 heterocycles. The number of ether oxygens (including phenoxy) is 1. The predicted molar refractivity (Wildman–Crippen MR) is 80.9 cm³/mol. The molecule has 1 saturated carbocycles. The van der Waals surface area contributed by atoms with Gasteiger partial charge in [-0.15, -0.1) is 0 Å². The molecule has 0 aromatic rings. The summed E-state index contributed by atoms with van der Waals surface area (Å²) < 4.78 is 5.45. The Hall–Kier alpha value is -1.10. The van der Waals surface area contributed by atoms with Crippen LogP contribution in [-0.4, -0.2) is 36.7 Å². The lowest BCUT2D eigenvalue weighted by atomic mass is 9.95. The van der Waals surface area contributed by atoms with E-state index < -0.39 is 11.9 Å². The Kier molecular flexibility index (Phi) is 7.72. The number of carboxylic acid groups (broad SMARTS) is 1. The maximum atomic E-state index is 12.1. The topological polar surface area (TPSA) is 75.6 Å². The summed E-state index contributed by atoms with van der Waals surface area (Å²) in [4.78, 5) is 23.4. The van der Waals surface area contributed by atoms with Crippen molar-refractivity contribution in [2.75, 3.05) is 19.8 Å². The summed E-state index contributed by atoms with van der Waals surface area (Å²) in [5.74, 6) is -0.971. The van der Waals surface area contributed by atoms with Crippen LogP contribution in [-0.2, 0) is 14.3 Å². The van der Waals surface area contributed by atoms with Crippen molar-refractivity contribution in [2.24, 2.45) is 23.7 Å². The van der Waals surface area contributed by atoms with Gasteiger partial charge in [-0.3, -0.25) is 9.59 Å². The van der Waals surface area contributed by atoms with Crippen molar-refractivity contribution < 1.29 is 19.4 Å². The average molecular weight is 299 g/mol. The van der Waals surface area contributed by atoms with E-state index in [9.17, 15) is 14.7 Å². The van der Waals surface area contributed by atoms with Gasteiger partial charge >= 0.3 is 5.97 Å². The number of hydrogen-bond donors (Lipinski definition) is 2. The van der Waals surface area contributed by atoms with Crippen molar-refractivity contribution in [1.29, 1.82) is 0 Å². The molecule has 1 aliphatic carbocycles. The first-order valence-electron chi connectivity index (χ1n) is 8.03. The Morgan fingerprint density at radius 3 is 2.52 bits per heavy atom. The third-order valence-electron chi connectivity index (χ3n) is 4.11. The van der Waals surface area contributed by atoms with Crippen molar-refractivity contribution in [3.05, 3.63) is 0 Å². The van der Waals surface area contributed by atoms with Crippen molar-refractivity contribution >= 4 is 11.9 Å². The van der Waals surface area contributed by atoms with Crippen molar-refractivity contribution in [1.82, 2.24) is 5.32 Å². The van der Waals surface area contributed by atoms with E-state index in [0.717, 1.165) is 19.4 Å². The van der Waals surface area contributed by atoms with Crippen LogP contribution in [0, 0.1) is 23.7 Å². The molecule has 1 fully saturated rings. The number of aliphatic carboxylic acids is 1. The molecule has 0 aliphatic heterocycles. The molecule has 1 aliphatic rings. The molecule has 0 radical (unpaired) electrons. The highest BCUT2D eigenvalue weighted by Gasteiger charge is 2.41. The number of amides is 1. The van der Waals surface area contributed by atoms with E-state index in [1.165, 1.54) is 0 Å². The first kappa shape index (κ1) is 18.0. The molecule has 0 aromatic carbocycles. The van der Waals surface area contributed by atoms with E-state index in [1.54, 1.807) is 0 Å². The second-order valence-corrected chi connectivity index (χ2v) is 6.41. The third-order valence-corrected chi connectivity index (χ3v) is 4.11. The minimum atomic E-state index is -0.841. The molecule has 1 amide bonds. The molecular weight excluding hydrogens is 270 g/mol. The maximum absolute atomic E-state index is 12.1. The van der Waals surface area contributed by atoms with E-state index in [4.69, 9.17) is 4.74 Å². The van der Waals surface area contributed by atoms with Crippen LogP contribution in [0.5, 0.6) is 0 Å². The van der Waals surface area contributed by atoms with E-state index in [-0.39, 0.29) is 11.8 Å². The fraction of sp³-hybridized carbons (Fsp3) is 0.875. The van der Waals surface area contributed by atoms with Crippen LogP contribution in [0.15, 0.2) is 0 Å². The molecular formula is C16H29NO4. The quantitative estimate of drug-likeness (QED) is 0.641. The maximum Gasteiger partial charge on any atom is 0.307 e. The molecule has 3 atom stereocenters. The number of carbonyl (C=O) groups is 2. The van der Waals surface area contributed by atoms with Gasteiger partial charge in [0.2, 0.25) is 5.91 Å². The van der Waals surface area contributed by atoms with E-state index in [2.05, 4.69) is 26.1 Å². The average Bonchev–Trinajstić information content (AvgIpc) is 2.86. The normalized spacial score (nSPS) is 25.2. The Bertz CT molecular complexity index is 343. The molecule has 5 heteroatoms. The zero-order chi connectivity index (χ0) is 15.8. The van der Waals surface area contributed by atoms with Gasteiger partial charge in [0.15, 0.2) is 0 Å². The highest BCUT2D eigenvalue weighted by molar-refractivity contribution is 5.85. The molecule has 0 bridgehead atoms. The van der Waals surface area contributed by atoms with E-state index >= 15 is 0 Å². The summed E-state index contributed by atoms with van der Waals surface area (Å²) in [5, 5.41) is 12.1. The summed E-state index contributed by atoms with van der Waals surface area (Å²) >= 11 is 0. The Morgan fingerprint density at radius 1 is 1.29 bits per heavy atom. The van der Waals surface area contributed by atoms with Gasteiger partial charge in [-0.2, -0.15) is 0 Å². The van der Waals surface area contributed by atoms with E-state index in [1.807, 2.05) is 0 Å². The Balaban J connectivity index is 2.28.